The number of methoxy groups -OCH3 is 2. The Labute approximate surface area is 171 Å². The number of rotatable bonds is 7. The highest BCUT2D eigenvalue weighted by Gasteiger charge is 2.13. The van der Waals surface area contributed by atoms with E-state index >= 15 is 0 Å². The van der Waals surface area contributed by atoms with Gasteiger partial charge in [-0.05, 0) is 61.7 Å². The molecule has 7 heteroatoms. The van der Waals surface area contributed by atoms with Crippen molar-refractivity contribution in [1.82, 2.24) is 5.32 Å². The Morgan fingerprint density at radius 2 is 1.62 bits per heavy atom. The van der Waals surface area contributed by atoms with Crippen molar-refractivity contribution in [2.24, 2.45) is 0 Å². The quantitative estimate of drug-likeness (QED) is 0.751. The molecule has 0 bridgehead atoms. The lowest BCUT2D eigenvalue weighted by Crippen LogP contribution is -2.33. The first kappa shape index (κ1) is 20.5. The van der Waals surface area contributed by atoms with E-state index in [0.29, 0.717) is 22.7 Å². The van der Waals surface area contributed by atoms with Crippen molar-refractivity contribution in [1.29, 1.82) is 0 Å². The van der Waals surface area contributed by atoms with Gasteiger partial charge in [0.25, 0.3) is 5.91 Å². The number of hydrogen-bond donors (Lipinski definition) is 2. The van der Waals surface area contributed by atoms with Gasteiger partial charge >= 0.3 is 0 Å². The maximum Gasteiger partial charge on any atom is 0.251 e. The van der Waals surface area contributed by atoms with Crippen LogP contribution in [-0.2, 0) is 4.79 Å². The summed E-state index contributed by atoms with van der Waals surface area (Å²) in [6.07, 6.45) is 3.73. The third-order valence-electron chi connectivity index (χ3n) is 4.93. The number of nitrogens with zero attached hydrogens (tertiary/aromatic N) is 1. The van der Waals surface area contributed by atoms with Gasteiger partial charge in [0.15, 0.2) is 11.5 Å². The molecule has 3 rings (SSSR count). The highest BCUT2D eigenvalue weighted by atomic mass is 16.5. The van der Waals surface area contributed by atoms with E-state index in [1.54, 1.807) is 18.2 Å². The van der Waals surface area contributed by atoms with Gasteiger partial charge in [-0.2, -0.15) is 0 Å². The van der Waals surface area contributed by atoms with Gasteiger partial charge in [-0.1, -0.05) is 0 Å². The van der Waals surface area contributed by atoms with Gasteiger partial charge < -0.3 is 25.0 Å². The van der Waals surface area contributed by atoms with Crippen LogP contribution < -0.4 is 25.0 Å². The SMILES string of the molecule is COc1ccc(C(=O)NCC(=O)Nc2ccc(N3CCCCC3)cc2)cc1OC. The maximum atomic E-state index is 12.3. The van der Waals surface area contributed by atoms with Crippen LogP contribution in [0.3, 0.4) is 0 Å². The Kier molecular flexibility index (Phi) is 6.94. The van der Waals surface area contributed by atoms with Gasteiger partial charge in [0.2, 0.25) is 5.91 Å². The topological polar surface area (TPSA) is 79.9 Å². The number of hydrogen-bond acceptors (Lipinski definition) is 5. The number of amides is 2. The second-order valence-electron chi connectivity index (χ2n) is 6.90. The largest absolute Gasteiger partial charge is 0.493 e. The van der Waals surface area contributed by atoms with Crippen LogP contribution in [0.1, 0.15) is 29.6 Å². The fourth-order valence-electron chi connectivity index (χ4n) is 3.35. The average Bonchev–Trinajstić information content (AvgIpc) is 2.78. The molecule has 0 unspecified atom stereocenters. The minimum absolute atomic E-state index is 0.124. The summed E-state index contributed by atoms with van der Waals surface area (Å²) in [5, 5.41) is 5.42. The Morgan fingerprint density at radius 3 is 2.28 bits per heavy atom. The van der Waals surface area contributed by atoms with E-state index in [2.05, 4.69) is 15.5 Å². The minimum Gasteiger partial charge on any atom is -0.493 e. The zero-order chi connectivity index (χ0) is 20.6. The summed E-state index contributed by atoms with van der Waals surface area (Å²) >= 11 is 0. The molecule has 154 valence electrons. The molecular weight excluding hydrogens is 370 g/mol. The van der Waals surface area contributed by atoms with Crippen LogP contribution in [-0.4, -0.2) is 45.7 Å². The first-order valence-corrected chi connectivity index (χ1v) is 9.76. The first-order valence-electron chi connectivity index (χ1n) is 9.76. The van der Waals surface area contributed by atoms with Crippen molar-refractivity contribution in [2.75, 3.05) is 44.1 Å². The number of benzene rings is 2. The van der Waals surface area contributed by atoms with Crippen LogP contribution in [0.5, 0.6) is 11.5 Å². The summed E-state index contributed by atoms with van der Waals surface area (Å²) in [5.74, 6) is 0.347. The molecule has 1 fully saturated rings. The molecule has 1 saturated heterocycles. The molecule has 0 spiro atoms. The lowest BCUT2D eigenvalue weighted by atomic mass is 10.1. The number of nitrogens with one attached hydrogen (secondary N) is 2. The van der Waals surface area contributed by atoms with Crippen molar-refractivity contribution in [3.8, 4) is 11.5 Å². The van der Waals surface area contributed by atoms with Gasteiger partial charge in [0.05, 0.1) is 20.8 Å². The molecular formula is C22H27N3O4. The van der Waals surface area contributed by atoms with Gasteiger partial charge in [-0.15, -0.1) is 0 Å². The van der Waals surface area contributed by atoms with Gasteiger partial charge in [-0.25, -0.2) is 0 Å². The molecule has 0 saturated carbocycles. The molecule has 1 aliphatic rings. The maximum absolute atomic E-state index is 12.3. The predicted molar refractivity (Wildman–Crippen MR) is 113 cm³/mol. The monoisotopic (exact) mass is 397 g/mol. The van der Waals surface area contributed by atoms with E-state index in [0.717, 1.165) is 13.1 Å². The summed E-state index contributed by atoms with van der Waals surface area (Å²) < 4.78 is 10.4. The summed E-state index contributed by atoms with van der Waals surface area (Å²) in [4.78, 5) is 26.8. The lowest BCUT2D eigenvalue weighted by molar-refractivity contribution is -0.115. The predicted octanol–water partition coefficient (Wildman–Crippen LogP) is 3.06. The van der Waals surface area contributed by atoms with Gasteiger partial charge in [-0.3, -0.25) is 9.59 Å². The molecule has 2 aromatic carbocycles. The van der Waals surface area contributed by atoms with E-state index in [1.807, 2.05) is 24.3 Å². The minimum atomic E-state index is -0.360. The van der Waals surface area contributed by atoms with Crippen LogP contribution in [0.2, 0.25) is 0 Å². The Balaban J connectivity index is 1.51. The zero-order valence-corrected chi connectivity index (χ0v) is 16.9. The zero-order valence-electron chi connectivity index (χ0n) is 16.9. The van der Waals surface area contributed by atoms with Crippen molar-refractivity contribution < 1.29 is 19.1 Å². The van der Waals surface area contributed by atoms with Crippen LogP contribution in [0.25, 0.3) is 0 Å². The molecule has 29 heavy (non-hydrogen) atoms. The summed E-state index contributed by atoms with van der Waals surface area (Å²) in [5.41, 5.74) is 2.27. The fraction of sp³-hybridized carbons (Fsp3) is 0.364. The van der Waals surface area contributed by atoms with Crippen LogP contribution in [0, 0.1) is 0 Å². The van der Waals surface area contributed by atoms with Crippen molar-refractivity contribution in [2.45, 2.75) is 19.3 Å². The second-order valence-corrected chi connectivity index (χ2v) is 6.90. The van der Waals surface area contributed by atoms with E-state index in [-0.39, 0.29) is 18.4 Å². The highest BCUT2D eigenvalue weighted by Crippen LogP contribution is 2.27. The molecule has 2 N–H and O–H groups in total. The first-order chi connectivity index (χ1) is 14.1. The van der Waals surface area contributed by atoms with Crippen molar-refractivity contribution >= 4 is 23.2 Å². The summed E-state index contributed by atoms with van der Waals surface area (Å²) in [6, 6.07) is 12.7. The smallest absolute Gasteiger partial charge is 0.251 e. The number of carbonyl (C=O) groups excluding carboxylic acids is 2. The highest BCUT2D eigenvalue weighted by molar-refractivity contribution is 5.99. The van der Waals surface area contributed by atoms with Crippen molar-refractivity contribution in [3.63, 3.8) is 0 Å². The van der Waals surface area contributed by atoms with Crippen LogP contribution in [0.4, 0.5) is 11.4 Å². The molecule has 1 aliphatic heterocycles. The Morgan fingerprint density at radius 1 is 0.931 bits per heavy atom. The van der Waals surface area contributed by atoms with E-state index < -0.39 is 0 Å². The van der Waals surface area contributed by atoms with E-state index in [1.165, 1.54) is 39.2 Å². The van der Waals surface area contributed by atoms with Gasteiger partial charge in [0.1, 0.15) is 0 Å². The summed E-state index contributed by atoms with van der Waals surface area (Å²) in [7, 11) is 3.03. The molecule has 0 aliphatic carbocycles. The standard InChI is InChI=1S/C22H27N3O4/c1-28-19-11-6-16(14-20(19)29-2)22(27)23-15-21(26)24-17-7-9-18(10-8-17)25-12-4-3-5-13-25/h6-11,14H,3-5,12-13,15H2,1-2H3,(H,23,27)(H,24,26). The van der Waals surface area contributed by atoms with E-state index in [9.17, 15) is 9.59 Å². The lowest BCUT2D eigenvalue weighted by Gasteiger charge is -2.28. The van der Waals surface area contributed by atoms with Crippen LogP contribution >= 0.6 is 0 Å². The Hall–Kier alpha value is -3.22. The molecule has 7 nitrogen and oxygen atoms in total. The molecule has 2 aromatic rings. The number of ether oxygens (including phenoxy) is 2. The van der Waals surface area contributed by atoms with Crippen molar-refractivity contribution in [3.05, 3.63) is 48.0 Å². The number of carbonyl (C=O) groups is 2. The third kappa shape index (κ3) is 5.40. The number of piperidine rings is 1. The molecule has 0 radical (unpaired) electrons. The van der Waals surface area contributed by atoms with Crippen LogP contribution in [0.15, 0.2) is 42.5 Å². The molecule has 1 heterocycles. The third-order valence-corrected chi connectivity index (χ3v) is 4.93. The normalized spacial score (nSPS) is 13.5. The van der Waals surface area contributed by atoms with E-state index in [4.69, 9.17) is 9.47 Å². The Bertz CT molecular complexity index is 846. The molecule has 0 atom stereocenters. The summed E-state index contributed by atoms with van der Waals surface area (Å²) in [6.45, 7) is 2.03. The van der Waals surface area contributed by atoms with Gasteiger partial charge in [0, 0.05) is 30.0 Å². The molecule has 0 aromatic heterocycles. The average molecular weight is 397 g/mol. The number of anilines is 2. The second kappa shape index (κ2) is 9.82. The fourth-order valence-corrected chi connectivity index (χ4v) is 3.35. The molecule has 2 amide bonds.